The molecule has 128 valence electrons. The van der Waals surface area contributed by atoms with Crippen LogP contribution in [-0.4, -0.2) is 12.5 Å². The largest absolute Gasteiger partial charge is 0.467 e. The fraction of sp³-hybridized carbons (Fsp3) is 0.190. The van der Waals surface area contributed by atoms with E-state index in [9.17, 15) is 4.79 Å². The van der Waals surface area contributed by atoms with Crippen molar-refractivity contribution in [3.8, 4) is 0 Å². The van der Waals surface area contributed by atoms with Gasteiger partial charge in [0.05, 0.1) is 18.8 Å². The summed E-state index contributed by atoms with van der Waals surface area (Å²) in [5.41, 5.74) is 4.04. The topological polar surface area (TPSA) is 54.3 Å². The standard InChI is InChI=1S/C21H22N2O2/c1-15-8-6-9-16(2)20(15)23-19(24)14-22-21(18-12-7-13-25-18)17-10-4-3-5-11-17/h3-13,21-22H,14H2,1-2H3,(H,23,24)/t21-/m1/s1. The Morgan fingerprint density at radius 1 is 0.960 bits per heavy atom. The van der Waals surface area contributed by atoms with Crippen molar-refractivity contribution < 1.29 is 9.21 Å². The number of hydrogen-bond acceptors (Lipinski definition) is 3. The van der Waals surface area contributed by atoms with E-state index >= 15 is 0 Å². The number of hydrogen-bond donors (Lipinski definition) is 2. The number of para-hydroxylation sites is 1. The van der Waals surface area contributed by atoms with Gasteiger partial charge in [-0.3, -0.25) is 10.1 Å². The minimum atomic E-state index is -0.167. The van der Waals surface area contributed by atoms with Gasteiger partial charge in [0.2, 0.25) is 5.91 Å². The Morgan fingerprint density at radius 3 is 2.32 bits per heavy atom. The Balaban J connectivity index is 1.70. The van der Waals surface area contributed by atoms with Gasteiger partial charge in [-0.2, -0.15) is 0 Å². The number of carbonyl (C=O) groups is 1. The maximum atomic E-state index is 12.4. The molecule has 2 N–H and O–H groups in total. The van der Waals surface area contributed by atoms with Crippen LogP contribution in [0.1, 0.15) is 28.5 Å². The van der Waals surface area contributed by atoms with Crippen LogP contribution in [0.15, 0.2) is 71.3 Å². The quantitative estimate of drug-likeness (QED) is 0.710. The van der Waals surface area contributed by atoms with Gasteiger partial charge in [-0.05, 0) is 42.7 Å². The highest BCUT2D eigenvalue weighted by atomic mass is 16.3. The predicted molar refractivity (Wildman–Crippen MR) is 99.5 cm³/mol. The number of anilines is 1. The molecule has 0 radical (unpaired) electrons. The van der Waals surface area contributed by atoms with Gasteiger partial charge in [-0.1, -0.05) is 48.5 Å². The summed E-state index contributed by atoms with van der Waals surface area (Å²) >= 11 is 0. The van der Waals surface area contributed by atoms with E-state index < -0.39 is 0 Å². The molecule has 1 atom stereocenters. The maximum Gasteiger partial charge on any atom is 0.238 e. The van der Waals surface area contributed by atoms with Crippen LogP contribution >= 0.6 is 0 Å². The van der Waals surface area contributed by atoms with E-state index in [4.69, 9.17) is 4.42 Å². The Morgan fingerprint density at radius 2 is 1.68 bits per heavy atom. The van der Waals surface area contributed by atoms with Crippen molar-refractivity contribution in [2.24, 2.45) is 0 Å². The maximum absolute atomic E-state index is 12.4. The molecule has 1 amide bonds. The van der Waals surface area contributed by atoms with E-state index in [0.29, 0.717) is 0 Å². The molecule has 2 aromatic carbocycles. The zero-order valence-corrected chi connectivity index (χ0v) is 14.5. The third-order valence-corrected chi connectivity index (χ3v) is 4.17. The second-order valence-corrected chi connectivity index (χ2v) is 6.06. The van der Waals surface area contributed by atoms with Crippen LogP contribution in [0.2, 0.25) is 0 Å². The number of furan rings is 1. The van der Waals surface area contributed by atoms with Crippen molar-refractivity contribution >= 4 is 11.6 Å². The number of carbonyl (C=O) groups excluding carboxylic acids is 1. The monoisotopic (exact) mass is 334 g/mol. The van der Waals surface area contributed by atoms with E-state index in [1.807, 2.05) is 74.5 Å². The molecule has 0 bridgehead atoms. The lowest BCUT2D eigenvalue weighted by Gasteiger charge is -2.18. The molecule has 4 heteroatoms. The molecular formula is C21H22N2O2. The molecule has 0 aliphatic heterocycles. The predicted octanol–water partition coefficient (Wildman–Crippen LogP) is 4.21. The summed E-state index contributed by atoms with van der Waals surface area (Å²) in [6, 6.07) is 19.5. The Kier molecular flexibility index (Phi) is 5.31. The highest BCUT2D eigenvalue weighted by Crippen LogP contribution is 2.22. The molecule has 0 fully saturated rings. The van der Waals surface area contributed by atoms with Crippen molar-refractivity contribution in [3.05, 3.63) is 89.4 Å². The zero-order chi connectivity index (χ0) is 17.6. The first-order valence-corrected chi connectivity index (χ1v) is 8.33. The first-order valence-electron chi connectivity index (χ1n) is 8.33. The van der Waals surface area contributed by atoms with E-state index in [2.05, 4.69) is 10.6 Å². The molecular weight excluding hydrogens is 312 g/mol. The minimum absolute atomic E-state index is 0.0788. The highest BCUT2D eigenvalue weighted by molar-refractivity contribution is 5.93. The second kappa shape index (κ2) is 7.81. The molecule has 0 aliphatic rings. The number of amides is 1. The summed E-state index contributed by atoms with van der Waals surface area (Å²) in [4.78, 5) is 12.4. The van der Waals surface area contributed by atoms with Crippen LogP contribution in [0.25, 0.3) is 0 Å². The van der Waals surface area contributed by atoms with Crippen molar-refractivity contribution in [3.63, 3.8) is 0 Å². The van der Waals surface area contributed by atoms with Gasteiger partial charge in [0.15, 0.2) is 0 Å². The molecule has 0 aliphatic carbocycles. The molecule has 25 heavy (non-hydrogen) atoms. The lowest BCUT2D eigenvalue weighted by molar-refractivity contribution is -0.115. The van der Waals surface area contributed by atoms with Crippen LogP contribution < -0.4 is 10.6 Å². The van der Waals surface area contributed by atoms with Crippen LogP contribution in [0.5, 0.6) is 0 Å². The zero-order valence-electron chi connectivity index (χ0n) is 14.5. The summed E-state index contributed by atoms with van der Waals surface area (Å²) < 4.78 is 5.54. The third-order valence-electron chi connectivity index (χ3n) is 4.17. The van der Waals surface area contributed by atoms with Gasteiger partial charge >= 0.3 is 0 Å². The number of rotatable bonds is 6. The molecule has 1 heterocycles. The van der Waals surface area contributed by atoms with Crippen molar-refractivity contribution in [2.45, 2.75) is 19.9 Å². The molecule has 0 spiro atoms. The summed E-state index contributed by atoms with van der Waals surface area (Å²) in [5, 5.41) is 6.29. The summed E-state index contributed by atoms with van der Waals surface area (Å²) in [5.74, 6) is 0.705. The van der Waals surface area contributed by atoms with E-state index in [1.165, 1.54) is 0 Å². The first kappa shape index (κ1) is 17.0. The van der Waals surface area contributed by atoms with E-state index in [-0.39, 0.29) is 18.5 Å². The molecule has 1 aromatic heterocycles. The van der Waals surface area contributed by atoms with Crippen LogP contribution in [0.3, 0.4) is 0 Å². The van der Waals surface area contributed by atoms with Gasteiger partial charge in [-0.25, -0.2) is 0 Å². The summed E-state index contributed by atoms with van der Waals surface area (Å²) in [6.45, 7) is 4.17. The summed E-state index contributed by atoms with van der Waals surface area (Å²) in [7, 11) is 0. The van der Waals surface area contributed by atoms with Crippen molar-refractivity contribution in [1.29, 1.82) is 0 Å². The first-order chi connectivity index (χ1) is 12.1. The third kappa shape index (κ3) is 4.17. The Hall–Kier alpha value is -2.85. The molecule has 3 aromatic rings. The van der Waals surface area contributed by atoms with E-state index in [0.717, 1.165) is 28.1 Å². The Bertz CT molecular complexity index is 806. The van der Waals surface area contributed by atoms with Crippen molar-refractivity contribution in [1.82, 2.24) is 5.32 Å². The van der Waals surface area contributed by atoms with Crippen LogP contribution in [-0.2, 0) is 4.79 Å². The van der Waals surface area contributed by atoms with Gasteiger partial charge in [0, 0.05) is 5.69 Å². The molecule has 3 rings (SSSR count). The van der Waals surface area contributed by atoms with Gasteiger partial charge < -0.3 is 9.73 Å². The average Bonchev–Trinajstić information content (AvgIpc) is 3.14. The molecule has 4 nitrogen and oxygen atoms in total. The lowest BCUT2D eigenvalue weighted by atomic mass is 10.0. The van der Waals surface area contributed by atoms with Crippen LogP contribution in [0.4, 0.5) is 5.69 Å². The Labute approximate surface area is 147 Å². The fourth-order valence-electron chi connectivity index (χ4n) is 2.87. The lowest BCUT2D eigenvalue weighted by Crippen LogP contribution is -2.32. The molecule has 0 saturated carbocycles. The summed E-state index contributed by atoms with van der Waals surface area (Å²) in [6.07, 6.45) is 1.64. The van der Waals surface area contributed by atoms with Crippen LogP contribution in [0, 0.1) is 13.8 Å². The van der Waals surface area contributed by atoms with Gasteiger partial charge in [0.25, 0.3) is 0 Å². The normalized spacial score (nSPS) is 11.9. The minimum Gasteiger partial charge on any atom is -0.467 e. The SMILES string of the molecule is Cc1cccc(C)c1NC(=O)CN[C@H](c1ccccc1)c1ccco1. The van der Waals surface area contributed by atoms with Crippen molar-refractivity contribution in [2.75, 3.05) is 11.9 Å². The molecule has 0 saturated heterocycles. The number of nitrogens with one attached hydrogen (secondary N) is 2. The average molecular weight is 334 g/mol. The second-order valence-electron chi connectivity index (χ2n) is 6.06. The van der Waals surface area contributed by atoms with E-state index in [1.54, 1.807) is 6.26 Å². The highest BCUT2D eigenvalue weighted by Gasteiger charge is 2.17. The molecule has 0 unspecified atom stereocenters. The fourth-order valence-corrected chi connectivity index (χ4v) is 2.87. The van der Waals surface area contributed by atoms with Gasteiger partial charge in [0.1, 0.15) is 5.76 Å². The number of aryl methyl sites for hydroxylation is 2. The number of benzene rings is 2. The smallest absolute Gasteiger partial charge is 0.238 e. The van der Waals surface area contributed by atoms with Gasteiger partial charge in [-0.15, -0.1) is 0 Å².